The molecule has 0 saturated heterocycles. The van der Waals surface area contributed by atoms with Crippen molar-refractivity contribution in [3.05, 3.63) is 0 Å². The Morgan fingerprint density at radius 2 is 1.88 bits per heavy atom. The van der Waals surface area contributed by atoms with E-state index in [4.69, 9.17) is 5.11 Å². The molecule has 2 aliphatic carbocycles. The van der Waals surface area contributed by atoms with E-state index in [0.29, 0.717) is 12.6 Å². The minimum Gasteiger partial charge on any atom is -0.481 e. The topological polar surface area (TPSA) is 57.6 Å². The van der Waals surface area contributed by atoms with E-state index in [0.717, 1.165) is 12.8 Å². The minimum atomic E-state index is -0.838. The van der Waals surface area contributed by atoms with Crippen molar-refractivity contribution in [3.63, 3.8) is 0 Å². The summed E-state index contributed by atoms with van der Waals surface area (Å²) in [6.07, 6.45) is 2.15. The fourth-order valence-electron chi connectivity index (χ4n) is 2.72. The van der Waals surface area contributed by atoms with Gasteiger partial charge in [0.25, 0.3) is 0 Å². The standard InChI is InChI=1S/C12H19NO3/c1-4-13(7-5-6-7)10(14)8-9(11(15)16)12(8,2)3/h7-9H,4-6H2,1-3H3,(H,15,16). The van der Waals surface area contributed by atoms with Crippen LogP contribution in [0.3, 0.4) is 0 Å². The first-order valence-corrected chi connectivity index (χ1v) is 5.94. The number of hydrogen-bond acceptors (Lipinski definition) is 2. The third-order valence-electron chi connectivity index (χ3n) is 3.97. The first-order valence-electron chi connectivity index (χ1n) is 5.94. The monoisotopic (exact) mass is 225 g/mol. The van der Waals surface area contributed by atoms with Crippen LogP contribution in [0.25, 0.3) is 0 Å². The maximum absolute atomic E-state index is 12.2. The molecule has 16 heavy (non-hydrogen) atoms. The molecule has 2 atom stereocenters. The van der Waals surface area contributed by atoms with Crippen molar-refractivity contribution in [2.45, 2.75) is 39.7 Å². The molecular formula is C12H19NO3. The number of hydrogen-bond donors (Lipinski definition) is 1. The lowest BCUT2D eigenvalue weighted by Gasteiger charge is -2.21. The van der Waals surface area contributed by atoms with Crippen LogP contribution in [-0.4, -0.2) is 34.5 Å². The zero-order valence-corrected chi connectivity index (χ0v) is 10.1. The Bertz CT molecular complexity index is 333. The Kier molecular flexibility index (Phi) is 2.48. The molecule has 1 N–H and O–H groups in total. The van der Waals surface area contributed by atoms with E-state index in [2.05, 4.69) is 0 Å². The molecule has 2 saturated carbocycles. The number of aliphatic carboxylic acids is 1. The minimum absolute atomic E-state index is 0.0439. The lowest BCUT2D eigenvalue weighted by Crippen LogP contribution is -2.35. The van der Waals surface area contributed by atoms with Gasteiger partial charge in [0, 0.05) is 12.6 Å². The van der Waals surface area contributed by atoms with Crippen LogP contribution in [0.1, 0.15) is 33.6 Å². The summed E-state index contributed by atoms with van der Waals surface area (Å²) >= 11 is 0. The van der Waals surface area contributed by atoms with Gasteiger partial charge < -0.3 is 10.0 Å². The molecule has 2 rings (SSSR count). The van der Waals surface area contributed by atoms with Crippen LogP contribution in [0.5, 0.6) is 0 Å². The lowest BCUT2D eigenvalue weighted by molar-refractivity contribution is -0.142. The zero-order valence-electron chi connectivity index (χ0n) is 10.1. The van der Waals surface area contributed by atoms with Crippen LogP contribution >= 0.6 is 0 Å². The van der Waals surface area contributed by atoms with Crippen LogP contribution < -0.4 is 0 Å². The van der Waals surface area contributed by atoms with Gasteiger partial charge in [-0.3, -0.25) is 9.59 Å². The summed E-state index contributed by atoms with van der Waals surface area (Å²) in [6.45, 7) is 6.40. The number of carbonyl (C=O) groups is 2. The van der Waals surface area contributed by atoms with Crippen LogP contribution in [0.15, 0.2) is 0 Å². The molecule has 1 amide bonds. The van der Waals surface area contributed by atoms with Crippen molar-refractivity contribution in [2.24, 2.45) is 17.3 Å². The summed E-state index contributed by atoms with van der Waals surface area (Å²) in [5.74, 6) is -1.60. The molecule has 4 heteroatoms. The molecule has 0 aromatic rings. The number of rotatable bonds is 4. The predicted octanol–water partition coefficient (Wildman–Crippen LogP) is 1.35. The number of amides is 1. The summed E-state index contributed by atoms with van der Waals surface area (Å²) < 4.78 is 0. The van der Waals surface area contributed by atoms with Crippen LogP contribution in [-0.2, 0) is 9.59 Å². The summed E-state index contributed by atoms with van der Waals surface area (Å²) in [7, 11) is 0. The maximum Gasteiger partial charge on any atom is 0.307 e. The van der Waals surface area contributed by atoms with E-state index in [1.54, 1.807) is 0 Å². The number of nitrogens with zero attached hydrogens (tertiary/aromatic N) is 1. The molecule has 4 nitrogen and oxygen atoms in total. The highest BCUT2D eigenvalue weighted by Gasteiger charge is 2.67. The van der Waals surface area contributed by atoms with Gasteiger partial charge in [-0.05, 0) is 25.2 Å². The molecule has 0 spiro atoms. The third kappa shape index (κ3) is 1.60. The highest BCUT2D eigenvalue weighted by molar-refractivity contribution is 5.92. The van der Waals surface area contributed by atoms with E-state index in [-0.39, 0.29) is 17.2 Å². The fraction of sp³-hybridized carbons (Fsp3) is 0.833. The van der Waals surface area contributed by atoms with Gasteiger partial charge in [-0.2, -0.15) is 0 Å². The molecule has 2 unspecified atom stereocenters. The molecular weight excluding hydrogens is 206 g/mol. The third-order valence-corrected chi connectivity index (χ3v) is 3.97. The van der Waals surface area contributed by atoms with Gasteiger partial charge in [0.15, 0.2) is 0 Å². The molecule has 0 heterocycles. The molecule has 2 aliphatic rings. The number of carboxylic acids is 1. The van der Waals surface area contributed by atoms with Crippen LogP contribution in [0.2, 0.25) is 0 Å². The Morgan fingerprint density at radius 3 is 2.19 bits per heavy atom. The van der Waals surface area contributed by atoms with Gasteiger partial charge in [-0.1, -0.05) is 13.8 Å². The van der Waals surface area contributed by atoms with Gasteiger partial charge in [0.2, 0.25) is 5.91 Å². The Hall–Kier alpha value is -1.06. The predicted molar refractivity (Wildman–Crippen MR) is 58.8 cm³/mol. The van der Waals surface area contributed by atoms with Gasteiger partial charge in [-0.15, -0.1) is 0 Å². The molecule has 0 aromatic heterocycles. The molecule has 0 radical (unpaired) electrons. The van der Waals surface area contributed by atoms with Gasteiger partial charge in [-0.25, -0.2) is 0 Å². The maximum atomic E-state index is 12.2. The average Bonchev–Trinajstić information content (AvgIpc) is 3.03. The van der Waals surface area contributed by atoms with E-state index >= 15 is 0 Å². The van der Waals surface area contributed by atoms with Crippen molar-refractivity contribution in [1.82, 2.24) is 4.90 Å². The second kappa shape index (κ2) is 3.47. The Balaban J connectivity index is 2.08. The smallest absolute Gasteiger partial charge is 0.307 e. The largest absolute Gasteiger partial charge is 0.481 e. The number of carbonyl (C=O) groups excluding carboxylic acids is 1. The van der Waals surface area contributed by atoms with Crippen molar-refractivity contribution in [3.8, 4) is 0 Å². The SMILES string of the molecule is CCN(C(=O)C1C(C(=O)O)C1(C)C)C1CC1. The molecule has 90 valence electrons. The quantitative estimate of drug-likeness (QED) is 0.785. The van der Waals surface area contributed by atoms with E-state index in [1.165, 1.54) is 0 Å². The summed E-state index contributed by atoms with van der Waals surface area (Å²) in [6, 6.07) is 0.378. The summed E-state index contributed by atoms with van der Waals surface area (Å²) in [5.41, 5.74) is -0.370. The molecule has 2 fully saturated rings. The van der Waals surface area contributed by atoms with Gasteiger partial charge >= 0.3 is 5.97 Å². The summed E-state index contributed by atoms with van der Waals surface area (Å²) in [5, 5.41) is 9.05. The van der Waals surface area contributed by atoms with Crippen LogP contribution in [0, 0.1) is 17.3 Å². The first-order chi connectivity index (χ1) is 7.41. The Morgan fingerprint density at radius 1 is 1.31 bits per heavy atom. The first kappa shape index (κ1) is 11.4. The van der Waals surface area contributed by atoms with E-state index in [9.17, 15) is 9.59 Å². The van der Waals surface area contributed by atoms with E-state index < -0.39 is 11.9 Å². The van der Waals surface area contributed by atoms with Gasteiger partial charge in [0.1, 0.15) is 0 Å². The average molecular weight is 225 g/mol. The molecule has 0 bridgehead atoms. The number of carboxylic acid groups (broad SMARTS) is 1. The highest BCUT2D eigenvalue weighted by Crippen LogP contribution is 2.59. The van der Waals surface area contributed by atoms with Crippen LogP contribution in [0.4, 0.5) is 0 Å². The Labute approximate surface area is 95.6 Å². The highest BCUT2D eigenvalue weighted by atomic mass is 16.4. The second-order valence-corrected chi connectivity index (χ2v) is 5.47. The summed E-state index contributed by atoms with van der Waals surface area (Å²) in [4.78, 5) is 25.1. The van der Waals surface area contributed by atoms with Crippen molar-refractivity contribution in [2.75, 3.05) is 6.54 Å². The lowest BCUT2D eigenvalue weighted by atomic mass is 10.1. The second-order valence-electron chi connectivity index (χ2n) is 5.47. The van der Waals surface area contributed by atoms with Gasteiger partial charge in [0.05, 0.1) is 11.8 Å². The van der Waals surface area contributed by atoms with E-state index in [1.807, 2.05) is 25.7 Å². The normalized spacial score (nSPS) is 30.9. The van der Waals surface area contributed by atoms with Crippen molar-refractivity contribution < 1.29 is 14.7 Å². The van der Waals surface area contributed by atoms with Crippen molar-refractivity contribution >= 4 is 11.9 Å². The molecule has 0 aliphatic heterocycles. The fourth-order valence-corrected chi connectivity index (χ4v) is 2.72. The van der Waals surface area contributed by atoms with Crippen molar-refractivity contribution in [1.29, 1.82) is 0 Å². The zero-order chi connectivity index (χ0) is 12.1. The molecule has 0 aromatic carbocycles.